The van der Waals surface area contributed by atoms with E-state index in [1.807, 2.05) is 56.3 Å². The summed E-state index contributed by atoms with van der Waals surface area (Å²) in [6.07, 6.45) is 0. The van der Waals surface area contributed by atoms with Gasteiger partial charge < -0.3 is 10.1 Å². The van der Waals surface area contributed by atoms with Crippen molar-refractivity contribution < 1.29 is 9.53 Å². The molecule has 7 nitrogen and oxygen atoms in total. The average Bonchev–Trinajstić information content (AvgIpc) is 3.34. The number of aryl methyl sites for hydroxylation is 1. The molecule has 0 fully saturated rings. The molecule has 2 heterocycles. The molecule has 0 unspecified atom stereocenters. The van der Waals surface area contributed by atoms with Crippen molar-refractivity contribution in [1.29, 1.82) is 0 Å². The Morgan fingerprint density at radius 1 is 1.19 bits per heavy atom. The summed E-state index contributed by atoms with van der Waals surface area (Å²) in [5.74, 6) is 0.574. The lowest BCUT2D eigenvalue weighted by Crippen LogP contribution is -2.22. The molecule has 0 aliphatic carbocycles. The Hall–Kier alpha value is -3.23. The smallest absolute Gasteiger partial charge is 0.263 e. The van der Waals surface area contributed by atoms with Gasteiger partial charge in [0, 0.05) is 11.6 Å². The van der Waals surface area contributed by atoms with Gasteiger partial charge in [0.2, 0.25) is 0 Å². The van der Waals surface area contributed by atoms with Crippen molar-refractivity contribution in [1.82, 2.24) is 25.3 Å². The number of benzene rings is 2. The summed E-state index contributed by atoms with van der Waals surface area (Å²) in [6, 6.07) is 15.0. The van der Waals surface area contributed by atoms with Crippen molar-refractivity contribution in [2.75, 3.05) is 7.11 Å². The number of hydrogen-bond acceptors (Lipinski definition) is 6. The highest BCUT2D eigenvalue weighted by atomic mass is 35.5. The van der Waals surface area contributed by atoms with E-state index in [0.29, 0.717) is 32.8 Å². The third kappa shape index (κ3) is 4.45. The van der Waals surface area contributed by atoms with Crippen LogP contribution in [0.3, 0.4) is 0 Å². The summed E-state index contributed by atoms with van der Waals surface area (Å²) in [5, 5.41) is 12.7. The lowest BCUT2D eigenvalue weighted by Gasteiger charge is -2.06. The molecule has 158 valence electrons. The molecule has 0 spiro atoms. The molecule has 0 bridgehead atoms. The van der Waals surface area contributed by atoms with Gasteiger partial charge in [-0.15, -0.1) is 16.4 Å². The van der Waals surface area contributed by atoms with Crippen molar-refractivity contribution in [2.45, 2.75) is 20.4 Å². The van der Waals surface area contributed by atoms with Gasteiger partial charge in [0.25, 0.3) is 5.91 Å². The lowest BCUT2D eigenvalue weighted by molar-refractivity contribution is 0.0954. The standard InChI is InChI=1S/C22H20ClN5O2S/c1-13-20(21(29)24-12-15-6-4-9-18(10-15)30-3)31-22(25-13)19-14(2)28(27-26-19)17-8-5-7-16(23)11-17/h4-11H,12H2,1-3H3,(H,24,29). The van der Waals surface area contributed by atoms with Crippen LogP contribution in [0.15, 0.2) is 48.5 Å². The summed E-state index contributed by atoms with van der Waals surface area (Å²) in [4.78, 5) is 17.9. The zero-order valence-electron chi connectivity index (χ0n) is 17.2. The average molecular weight is 454 g/mol. The molecule has 0 atom stereocenters. The fraction of sp³-hybridized carbons (Fsp3) is 0.182. The highest BCUT2D eigenvalue weighted by molar-refractivity contribution is 7.17. The van der Waals surface area contributed by atoms with E-state index in [9.17, 15) is 4.79 Å². The topological polar surface area (TPSA) is 81.9 Å². The number of aromatic nitrogens is 4. The molecule has 2 aromatic heterocycles. The number of halogens is 1. The summed E-state index contributed by atoms with van der Waals surface area (Å²) in [6.45, 7) is 4.12. The van der Waals surface area contributed by atoms with Crippen LogP contribution >= 0.6 is 22.9 Å². The van der Waals surface area contributed by atoms with Crippen LogP contribution in [0.4, 0.5) is 0 Å². The predicted octanol–water partition coefficient (Wildman–Crippen LogP) is 4.60. The number of nitrogens with one attached hydrogen (secondary N) is 1. The number of carbonyl (C=O) groups is 1. The van der Waals surface area contributed by atoms with Gasteiger partial charge in [-0.05, 0) is 49.7 Å². The number of methoxy groups -OCH3 is 1. The molecule has 4 rings (SSSR count). The fourth-order valence-electron chi connectivity index (χ4n) is 3.13. The van der Waals surface area contributed by atoms with Crippen molar-refractivity contribution in [3.05, 3.63) is 75.4 Å². The van der Waals surface area contributed by atoms with Crippen molar-refractivity contribution >= 4 is 28.8 Å². The minimum absolute atomic E-state index is 0.177. The van der Waals surface area contributed by atoms with Gasteiger partial charge >= 0.3 is 0 Å². The van der Waals surface area contributed by atoms with Crippen molar-refractivity contribution in [2.24, 2.45) is 0 Å². The van der Waals surface area contributed by atoms with E-state index >= 15 is 0 Å². The fourth-order valence-corrected chi connectivity index (χ4v) is 4.34. The van der Waals surface area contributed by atoms with Crippen LogP contribution in [0.25, 0.3) is 16.4 Å². The molecule has 0 aliphatic heterocycles. The molecule has 0 aliphatic rings. The van der Waals surface area contributed by atoms with Gasteiger partial charge in [-0.1, -0.05) is 35.0 Å². The van der Waals surface area contributed by atoms with E-state index in [2.05, 4.69) is 20.6 Å². The Kier molecular flexibility index (Phi) is 6.01. The number of rotatable bonds is 6. The van der Waals surface area contributed by atoms with Gasteiger partial charge in [-0.2, -0.15) is 0 Å². The second-order valence-corrected chi connectivity index (χ2v) is 8.32. The predicted molar refractivity (Wildman–Crippen MR) is 121 cm³/mol. The number of hydrogen-bond donors (Lipinski definition) is 1. The Labute approximate surface area is 188 Å². The molecule has 2 aromatic carbocycles. The molecular weight excluding hydrogens is 434 g/mol. The quantitative estimate of drug-likeness (QED) is 0.461. The maximum absolute atomic E-state index is 12.8. The molecule has 9 heteroatoms. The molecule has 1 amide bonds. The first kappa shape index (κ1) is 21.0. The Morgan fingerprint density at radius 3 is 2.77 bits per heavy atom. The van der Waals surface area contributed by atoms with E-state index < -0.39 is 0 Å². The lowest BCUT2D eigenvalue weighted by atomic mass is 10.2. The Balaban J connectivity index is 1.54. The normalized spacial score (nSPS) is 10.8. The van der Waals surface area contributed by atoms with Crippen molar-refractivity contribution in [3.63, 3.8) is 0 Å². The maximum Gasteiger partial charge on any atom is 0.263 e. The summed E-state index contributed by atoms with van der Waals surface area (Å²) >= 11 is 7.40. The minimum atomic E-state index is -0.177. The number of nitrogens with zero attached hydrogens (tertiary/aromatic N) is 4. The molecule has 1 N–H and O–H groups in total. The first-order valence-electron chi connectivity index (χ1n) is 9.53. The van der Waals surface area contributed by atoms with Crippen LogP contribution in [0, 0.1) is 13.8 Å². The molecular formula is C22H20ClN5O2S. The molecule has 4 aromatic rings. The SMILES string of the molecule is COc1cccc(CNC(=O)c2sc(-c3nnn(-c4cccc(Cl)c4)c3C)nc2C)c1. The van der Waals surface area contributed by atoms with Crippen LogP contribution in [0.2, 0.25) is 5.02 Å². The first-order valence-corrected chi connectivity index (χ1v) is 10.7. The van der Waals surface area contributed by atoms with Crippen LogP contribution in [-0.4, -0.2) is 33.0 Å². The number of ether oxygens (including phenoxy) is 1. The molecule has 0 radical (unpaired) electrons. The summed E-state index contributed by atoms with van der Waals surface area (Å²) in [7, 11) is 1.62. The van der Waals surface area contributed by atoms with Gasteiger partial charge in [0.1, 0.15) is 21.3 Å². The van der Waals surface area contributed by atoms with E-state index in [4.69, 9.17) is 16.3 Å². The highest BCUT2D eigenvalue weighted by Crippen LogP contribution is 2.30. The van der Waals surface area contributed by atoms with Crippen molar-refractivity contribution in [3.8, 4) is 22.1 Å². The third-order valence-electron chi connectivity index (χ3n) is 4.74. The summed E-state index contributed by atoms with van der Waals surface area (Å²) < 4.78 is 6.94. The van der Waals surface area contributed by atoms with Gasteiger partial charge in [-0.3, -0.25) is 4.79 Å². The van der Waals surface area contributed by atoms with Crippen LogP contribution < -0.4 is 10.1 Å². The van der Waals surface area contributed by atoms with Crippen LogP contribution in [-0.2, 0) is 6.54 Å². The Morgan fingerprint density at radius 2 is 2.00 bits per heavy atom. The molecule has 31 heavy (non-hydrogen) atoms. The Bertz CT molecular complexity index is 1250. The van der Waals surface area contributed by atoms with Gasteiger partial charge in [0.15, 0.2) is 0 Å². The molecule has 0 saturated carbocycles. The van der Waals surface area contributed by atoms with Crippen LogP contribution in [0.1, 0.15) is 26.6 Å². The highest BCUT2D eigenvalue weighted by Gasteiger charge is 2.20. The second-order valence-electron chi connectivity index (χ2n) is 6.88. The van der Waals surface area contributed by atoms with E-state index in [0.717, 1.165) is 22.7 Å². The number of thiazole rings is 1. The third-order valence-corrected chi connectivity index (χ3v) is 6.14. The van der Waals surface area contributed by atoms with E-state index in [-0.39, 0.29) is 5.91 Å². The second kappa shape index (κ2) is 8.87. The van der Waals surface area contributed by atoms with Crippen LogP contribution in [0.5, 0.6) is 5.75 Å². The number of carbonyl (C=O) groups excluding carboxylic acids is 1. The van der Waals surface area contributed by atoms with E-state index in [1.165, 1.54) is 11.3 Å². The maximum atomic E-state index is 12.8. The zero-order chi connectivity index (χ0) is 22.0. The molecule has 0 saturated heterocycles. The monoisotopic (exact) mass is 453 g/mol. The van der Waals surface area contributed by atoms with Gasteiger partial charge in [0.05, 0.1) is 24.2 Å². The number of amides is 1. The van der Waals surface area contributed by atoms with Gasteiger partial charge in [-0.25, -0.2) is 9.67 Å². The largest absolute Gasteiger partial charge is 0.497 e. The summed E-state index contributed by atoms with van der Waals surface area (Å²) in [5.41, 5.74) is 3.88. The minimum Gasteiger partial charge on any atom is -0.497 e. The van der Waals surface area contributed by atoms with E-state index in [1.54, 1.807) is 17.9 Å². The first-order chi connectivity index (χ1) is 15.0. The zero-order valence-corrected chi connectivity index (χ0v) is 18.8.